The van der Waals surface area contributed by atoms with Crippen LogP contribution in [0, 0.1) is 5.82 Å². The first-order valence-electron chi connectivity index (χ1n) is 8.32. The lowest BCUT2D eigenvalue weighted by Gasteiger charge is -2.13. The summed E-state index contributed by atoms with van der Waals surface area (Å²) in [5.74, 6) is -0.117. The number of anilines is 1. The number of amides is 1. The molecular weight excluding hydrogens is 355 g/mol. The summed E-state index contributed by atoms with van der Waals surface area (Å²) in [5.41, 5.74) is 1.02. The average Bonchev–Trinajstić information content (AvgIpc) is 3.14. The van der Waals surface area contributed by atoms with Crippen LogP contribution < -0.4 is 15.4 Å². The highest BCUT2D eigenvalue weighted by Crippen LogP contribution is 2.19. The number of nitrogens with one attached hydrogen (secondary N) is 2. The van der Waals surface area contributed by atoms with Crippen LogP contribution in [0.15, 0.2) is 48.5 Å². The number of carbonyl (C=O) groups excluding carboxylic acids is 1. The van der Waals surface area contributed by atoms with Crippen molar-refractivity contribution in [3.8, 4) is 5.75 Å². The van der Waals surface area contributed by atoms with Gasteiger partial charge in [-0.2, -0.15) is 0 Å². The molecule has 0 radical (unpaired) electrons. The second-order valence-corrected chi connectivity index (χ2v) is 6.30. The Labute approximate surface area is 156 Å². The number of ether oxygens (including phenoxy) is 2. The molecule has 1 aliphatic rings. The summed E-state index contributed by atoms with van der Waals surface area (Å²) in [5, 5.41) is 5.64. The summed E-state index contributed by atoms with van der Waals surface area (Å²) in [6.45, 7) is 1.30. The molecule has 2 aromatic rings. The Morgan fingerprint density at radius 2 is 2.08 bits per heavy atom. The predicted octanol–water partition coefficient (Wildman–Crippen LogP) is 3.51. The number of benzene rings is 2. The first kappa shape index (κ1) is 18.3. The van der Waals surface area contributed by atoms with E-state index in [0.29, 0.717) is 23.6 Å². The van der Waals surface area contributed by atoms with E-state index in [1.165, 1.54) is 24.3 Å². The van der Waals surface area contributed by atoms with Crippen LogP contribution in [0.5, 0.6) is 5.75 Å². The van der Waals surface area contributed by atoms with E-state index < -0.39 is 11.7 Å². The fourth-order valence-corrected chi connectivity index (χ4v) is 2.78. The molecule has 1 amide bonds. The van der Waals surface area contributed by atoms with Crippen molar-refractivity contribution in [2.24, 2.45) is 0 Å². The Balaban J connectivity index is 1.52. The minimum absolute atomic E-state index is 0.141. The standard InChI is InChI=1S/C19H19FN2O3S/c20-14-8-6-13(7-9-14)18(23)22-19(26)21-15-3-1-4-16(11-15)25-12-17-5-2-10-24-17/h1,3-4,6-9,11,17H,2,5,10,12H2,(H2,21,22,23,26). The molecule has 0 bridgehead atoms. The van der Waals surface area contributed by atoms with Crippen LogP contribution in [0.25, 0.3) is 0 Å². The molecule has 1 atom stereocenters. The van der Waals surface area contributed by atoms with E-state index in [2.05, 4.69) is 10.6 Å². The fraction of sp³-hybridized carbons (Fsp3) is 0.263. The predicted molar refractivity (Wildman–Crippen MR) is 101 cm³/mol. The third-order valence-electron chi connectivity index (χ3n) is 3.89. The Morgan fingerprint density at radius 1 is 1.27 bits per heavy atom. The molecule has 2 N–H and O–H groups in total. The number of halogens is 1. The van der Waals surface area contributed by atoms with Crippen molar-refractivity contribution in [1.82, 2.24) is 5.32 Å². The summed E-state index contributed by atoms with van der Waals surface area (Å²) in [4.78, 5) is 12.1. The number of hydrogen-bond acceptors (Lipinski definition) is 4. The first-order chi connectivity index (χ1) is 12.6. The Morgan fingerprint density at radius 3 is 2.81 bits per heavy atom. The normalized spacial score (nSPS) is 16.1. The van der Waals surface area contributed by atoms with Crippen molar-refractivity contribution in [1.29, 1.82) is 0 Å². The average molecular weight is 374 g/mol. The SMILES string of the molecule is O=C(NC(=S)Nc1cccc(OCC2CCCO2)c1)c1ccc(F)cc1. The van der Waals surface area contributed by atoms with Crippen LogP contribution in [-0.2, 0) is 4.74 Å². The van der Waals surface area contributed by atoms with Gasteiger partial charge in [0.1, 0.15) is 18.2 Å². The number of hydrogen-bond donors (Lipinski definition) is 2. The van der Waals surface area contributed by atoms with Gasteiger partial charge in [0.15, 0.2) is 5.11 Å². The second-order valence-electron chi connectivity index (χ2n) is 5.89. The van der Waals surface area contributed by atoms with Gasteiger partial charge in [0.05, 0.1) is 6.10 Å². The molecule has 0 saturated carbocycles. The topological polar surface area (TPSA) is 59.6 Å². The zero-order valence-electron chi connectivity index (χ0n) is 14.0. The largest absolute Gasteiger partial charge is 0.491 e. The third kappa shape index (κ3) is 5.24. The van der Waals surface area contributed by atoms with Crippen LogP contribution in [0.3, 0.4) is 0 Å². The van der Waals surface area contributed by atoms with Gasteiger partial charge in [-0.15, -0.1) is 0 Å². The molecule has 0 spiro atoms. The van der Waals surface area contributed by atoms with Gasteiger partial charge in [0.2, 0.25) is 0 Å². The molecule has 1 fully saturated rings. The van der Waals surface area contributed by atoms with Gasteiger partial charge >= 0.3 is 0 Å². The molecule has 5 nitrogen and oxygen atoms in total. The van der Waals surface area contributed by atoms with Gasteiger partial charge in [-0.05, 0) is 61.5 Å². The van der Waals surface area contributed by atoms with Crippen molar-refractivity contribution < 1.29 is 18.7 Å². The van der Waals surface area contributed by atoms with Gasteiger partial charge in [0.25, 0.3) is 5.91 Å². The maximum atomic E-state index is 12.9. The lowest BCUT2D eigenvalue weighted by atomic mass is 10.2. The maximum Gasteiger partial charge on any atom is 0.257 e. The van der Waals surface area contributed by atoms with Crippen LogP contribution >= 0.6 is 12.2 Å². The van der Waals surface area contributed by atoms with Crippen molar-refractivity contribution in [2.75, 3.05) is 18.5 Å². The molecule has 3 rings (SSSR count). The molecule has 1 saturated heterocycles. The molecule has 2 aromatic carbocycles. The zero-order chi connectivity index (χ0) is 18.4. The fourth-order valence-electron chi connectivity index (χ4n) is 2.57. The van der Waals surface area contributed by atoms with Crippen molar-refractivity contribution >= 4 is 28.9 Å². The van der Waals surface area contributed by atoms with Crippen LogP contribution in [-0.4, -0.2) is 30.3 Å². The Bertz CT molecular complexity index is 777. The van der Waals surface area contributed by atoms with Gasteiger partial charge in [0, 0.05) is 23.9 Å². The Hall–Kier alpha value is -2.51. The molecule has 7 heteroatoms. The highest BCUT2D eigenvalue weighted by atomic mass is 32.1. The molecule has 1 heterocycles. The smallest absolute Gasteiger partial charge is 0.257 e. The molecule has 136 valence electrons. The van der Waals surface area contributed by atoms with Crippen molar-refractivity contribution in [3.05, 3.63) is 59.9 Å². The Kier molecular flexibility index (Phi) is 6.14. The van der Waals surface area contributed by atoms with Gasteiger partial charge in [-0.25, -0.2) is 4.39 Å². The summed E-state index contributed by atoms with van der Waals surface area (Å²) < 4.78 is 24.2. The zero-order valence-corrected chi connectivity index (χ0v) is 14.9. The minimum Gasteiger partial charge on any atom is -0.491 e. The quantitative estimate of drug-likeness (QED) is 0.785. The summed E-state index contributed by atoms with van der Waals surface area (Å²) >= 11 is 5.16. The van der Waals surface area contributed by atoms with E-state index >= 15 is 0 Å². The van der Waals surface area contributed by atoms with E-state index in [0.717, 1.165) is 19.4 Å². The van der Waals surface area contributed by atoms with Gasteiger partial charge < -0.3 is 14.8 Å². The lowest BCUT2D eigenvalue weighted by molar-refractivity contribution is 0.0680. The monoisotopic (exact) mass is 374 g/mol. The number of rotatable bonds is 5. The first-order valence-corrected chi connectivity index (χ1v) is 8.73. The van der Waals surface area contributed by atoms with Crippen LogP contribution in [0.4, 0.5) is 10.1 Å². The van der Waals surface area contributed by atoms with Crippen molar-refractivity contribution in [3.63, 3.8) is 0 Å². The highest BCUT2D eigenvalue weighted by Gasteiger charge is 2.16. The molecule has 1 aliphatic heterocycles. The number of thiocarbonyl (C=S) groups is 1. The molecule has 1 unspecified atom stereocenters. The molecule has 0 aromatic heterocycles. The van der Waals surface area contributed by atoms with Crippen LogP contribution in [0.1, 0.15) is 23.2 Å². The van der Waals surface area contributed by atoms with Crippen LogP contribution in [0.2, 0.25) is 0 Å². The lowest BCUT2D eigenvalue weighted by Crippen LogP contribution is -2.34. The van der Waals surface area contributed by atoms with Crippen molar-refractivity contribution in [2.45, 2.75) is 18.9 Å². The molecular formula is C19H19FN2O3S. The summed E-state index contributed by atoms with van der Waals surface area (Å²) in [7, 11) is 0. The molecule has 0 aliphatic carbocycles. The minimum atomic E-state index is -0.409. The van der Waals surface area contributed by atoms with E-state index in [1.54, 1.807) is 6.07 Å². The van der Waals surface area contributed by atoms with E-state index in [4.69, 9.17) is 21.7 Å². The summed E-state index contributed by atoms with van der Waals surface area (Å²) in [6, 6.07) is 12.5. The van der Waals surface area contributed by atoms with Gasteiger partial charge in [-0.1, -0.05) is 6.07 Å². The third-order valence-corrected chi connectivity index (χ3v) is 4.09. The number of carbonyl (C=O) groups is 1. The summed E-state index contributed by atoms with van der Waals surface area (Å²) in [6.07, 6.45) is 2.22. The van der Waals surface area contributed by atoms with E-state index in [1.807, 2.05) is 18.2 Å². The van der Waals surface area contributed by atoms with Gasteiger partial charge in [-0.3, -0.25) is 10.1 Å². The highest BCUT2D eigenvalue weighted by molar-refractivity contribution is 7.80. The van der Waals surface area contributed by atoms with E-state index in [-0.39, 0.29) is 11.2 Å². The second kappa shape index (κ2) is 8.73. The van der Waals surface area contributed by atoms with E-state index in [9.17, 15) is 9.18 Å². The maximum absolute atomic E-state index is 12.9. The molecule has 26 heavy (non-hydrogen) atoms.